The molecule has 10 aliphatic heterocycles. The average Bonchev–Trinajstić information content (AvgIpc) is 0.809. The fourth-order valence-corrected chi connectivity index (χ4v) is 20.1. The van der Waals surface area contributed by atoms with Crippen molar-refractivity contribution in [3.8, 4) is 0 Å². The van der Waals surface area contributed by atoms with Gasteiger partial charge in [-0.2, -0.15) is 0 Å². The van der Waals surface area contributed by atoms with E-state index in [-0.39, 0.29) is 82.8 Å². The van der Waals surface area contributed by atoms with Gasteiger partial charge in [0.25, 0.3) is 0 Å². The Hall–Kier alpha value is -7.39. The quantitative estimate of drug-likeness (QED) is 0.229. The highest BCUT2D eigenvalue weighted by Crippen LogP contribution is 2.61. The third-order valence-electron chi connectivity index (χ3n) is 28.2. The molecule has 28 nitrogen and oxygen atoms in total. The lowest BCUT2D eigenvalue weighted by molar-refractivity contribution is -0.0574. The average molecular weight is 2010 g/mol. The molecule has 0 spiro atoms. The van der Waals surface area contributed by atoms with Gasteiger partial charge < -0.3 is 91.5 Å². The molecule has 4 atom stereocenters. The van der Waals surface area contributed by atoms with Crippen LogP contribution in [0.1, 0.15) is 386 Å². The predicted molar refractivity (Wildman–Crippen MR) is 569 cm³/mol. The molecule has 0 N–H and O–H groups in total. The van der Waals surface area contributed by atoms with Crippen LogP contribution in [-0.2, 0) is 54.0 Å². The summed E-state index contributed by atoms with van der Waals surface area (Å²) in [6, 6.07) is 10.5. The molecule has 4 bridgehead atoms. The second-order valence-corrected chi connectivity index (χ2v) is 49.1. The lowest BCUT2D eigenvalue weighted by Crippen LogP contribution is -2.45. The predicted octanol–water partition coefficient (Wildman–Crippen LogP) is 27.1. The zero-order valence-electron chi connectivity index (χ0n) is 95.4. The van der Waals surface area contributed by atoms with Gasteiger partial charge in [-0.1, -0.05) is 113 Å². The molecule has 0 aromatic heterocycles. The van der Waals surface area contributed by atoms with Crippen LogP contribution in [0.2, 0.25) is 0 Å². The van der Waals surface area contributed by atoms with Gasteiger partial charge in [0, 0.05) is 130 Å². The van der Waals surface area contributed by atoms with Crippen LogP contribution in [0.4, 0.5) is 43.2 Å². The van der Waals surface area contributed by atoms with Gasteiger partial charge in [0.05, 0.1) is 20.3 Å². The van der Waals surface area contributed by atoms with Crippen molar-refractivity contribution in [3.05, 3.63) is 35.9 Å². The Morgan fingerprint density at radius 2 is 0.627 bits per heavy atom. The van der Waals surface area contributed by atoms with Gasteiger partial charge in [0.2, 0.25) is 0 Å². The molecule has 14 aliphatic rings. The van der Waals surface area contributed by atoms with E-state index in [1.807, 2.05) is 189 Å². The summed E-state index contributed by atoms with van der Waals surface area (Å²) in [5, 5.41) is 0. The third-order valence-corrected chi connectivity index (χ3v) is 28.2. The Bertz CT molecular complexity index is 3570. The van der Waals surface area contributed by atoms with E-state index in [0.717, 1.165) is 285 Å². The van der Waals surface area contributed by atoms with Crippen molar-refractivity contribution in [2.24, 2.45) is 76.4 Å². The molecule has 9 amide bonds. The topological polar surface area (TPSA) is 275 Å². The molecule has 14 fully saturated rings. The van der Waals surface area contributed by atoms with E-state index in [2.05, 4.69) is 80.9 Å². The second kappa shape index (κ2) is 64.0. The number of nitrogens with zero attached hydrogens (tertiary/aromatic N) is 9. The number of likely N-dealkylation sites (tertiary alicyclic amines) is 9. The summed E-state index contributed by atoms with van der Waals surface area (Å²) in [4.78, 5) is 120. The summed E-state index contributed by atoms with van der Waals surface area (Å²) in [5.41, 5.74) is 0.00375. The van der Waals surface area contributed by atoms with Crippen LogP contribution in [0.5, 0.6) is 0 Å². The van der Waals surface area contributed by atoms with Crippen LogP contribution in [-0.4, -0.2) is 277 Å². The van der Waals surface area contributed by atoms with Gasteiger partial charge in [-0.05, 0) is 380 Å². The summed E-state index contributed by atoms with van der Waals surface area (Å²) < 4.78 is 51.6. The molecule has 15 rings (SSSR count). The maximum atomic E-state index is 11.8. The minimum atomic E-state index is -0.377. The van der Waals surface area contributed by atoms with Crippen molar-refractivity contribution in [2.45, 2.75) is 427 Å². The molecule has 4 saturated carbocycles. The zero-order valence-corrected chi connectivity index (χ0v) is 95.4. The molecule has 822 valence electrons. The van der Waals surface area contributed by atoms with E-state index in [9.17, 15) is 43.2 Å². The number of methoxy groups -OCH3 is 1. The number of hydrogen-bond donors (Lipinski definition) is 0. The highest BCUT2D eigenvalue weighted by molar-refractivity contribution is 5.72. The van der Waals surface area contributed by atoms with E-state index >= 15 is 0 Å². The largest absolute Gasteiger partial charge is 0.453 e. The first kappa shape index (κ1) is 127. The lowest BCUT2D eigenvalue weighted by Gasteiger charge is -2.57. The molecule has 28 heteroatoms. The lowest BCUT2D eigenvalue weighted by atomic mass is 9.49. The first-order chi connectivity index (χ1) is 66.5. The Morgan fingerprint density at radius 3 is 0.901 bits per heavy atom. The molecule has 0 radical (unpaired) electrons. The van der Waals surface area contributed by atoms with Crippen LogP contribution in [0, 0.1) is 76.4 Å². The van der Waals surface area contributed by atoms with E-state index in [4.69, 9.17) is 42.6 Å². The smallest absolute Gasteiger partial charge is 0.410 e. The number of benzene rings is 1. The Kier molecular flexibility index (Phi) is 57.2. The first-order valence-corrected chi connectivity index (χ1v) is 55.6. The van der Waals surface area contributed by atoms with E-state index in [1.165, 1.54) is 45.6 Å². The maximum Gasteiger partial charge on any atom is 0.410 e. The van der Waals surface area contributed by atoms with E-state index in [1.54, 1.807) is 48.3 Å². The minimum Gasteiger partial charge on any atom is -0.453 e. The number of piperidine rings is 7. The fourth-order valence-electron chi connectivity index (χ4n) is 20.1. The van der Waals surface area contributed by atoms with Crippen molar-refractivity contribution in [1.82, 2.24) is 44.1 Å². The molecular formula is C114H207N9O19. The molecule has 10 saturated heterocycles. The standard InChI is InChI=1S/C14H19NO2.C13H22.4C11H21NO2.2C10H19NO2.C9H17NO2.C8H15NO2.C6H12O/c1-12-7-9-15(10-8-12)14(16)17-11-13-5-3-2-4-6-13;1-2-3-13-7-10-4-11(8-13)6-12(5-10)9-13;1-9-5-7-12(8-6-9)10(13)14-11(2,3)4;2*1-9-6-5-7-12(8-9)10(13)14-11(2,3)4;1-9(2)8-14-11(13)12-6-4-10(3)5-7-12;2*1-8-6-5-7-11(8)9(12)13-10(2,3)4;1-3-12-9(11)10-6-4-8(2)5-7-10;1-7-3-5-9(6-4-7)8(10)11-2;1-6-2-4-7-5-3-6/h2-6,12H,7-11H2,1H3;10-12H,2-9H2,1H3;3*9H,5-8H2,1-4H3;9-10H,4-8H2,1-3H3;2*8H,5-7H2,1-4H3;8H,3-7H2,1-2H3;7H,3-6H2,1-2H3;6H,2-5H2,1H3/t;;;9-;;;2*8-;;;/m...1..10.../s1. The maximum absolute atomic E-state index is 11.8. The van der Waals surface area contributed by atoms with Crippen molar-refractivity contribution in [3.63, 3.8) is 0 Å². The van der Waals surface area contributed by atoms with Gasteiger partial charge in [-0.25, -0.2) is 43.2 Å². The van der Waals surface area contributed by atoms with Crippen molar-refractivity contribution >= 4 is 54.8 Å². The van der Waals surface area contributed by atoms with Crippen molar-refractivity contribution in [1.29, 1.82) is 0 Å². The van der Waals surface area contributed by atoms with Gasteiger partial charge in [-0.15, -0.1) is 0 Å². The van der Waals surface area contributed by atoms with Crippen LogP contribution < -0.4 is 0 Å². The van der Waals surface area contributed by atoms with Crippen molar-refractivity contribution in [2.75, 3.05) is 138 Å². The zero-order chi connectivity index (χ0) is 106. The summed E-state index contributed by atoms with van der Waals surface area (Å²) in [5.74, 6) is 9.75. The monoisotopic (exact) mass is 2010 g/mol. The number of ether oxygens (including phenoxy) is 10. The van der Waals surface area contributed by atoms with Crippen molar-refractivity contribution < 1.29 is 90.5 Å². The molecular weight excluding hydrogens is 1800 g/mol. The highest BCUT2D eigenvalue weighted by Gasteiger charge is 2.50. The number of amides is 9. The molecule has 4 aliphatic carbocycles. The third kappa shape index (κ3) is 54.3. The Balaban J connectivity index is 0.000000327. The first-order valence-electron chi connectivity index (χ1n) is 55.6. The van der Waals surface area contributed by atoms with E-state index in [0.29, 0.717) is 49.7 Å². The van der Waals surface area contributed by atoms with Crippen LogP contribution >= 0.6 is 0 Å². The summed E-state index contributed by atoms with van der Waals surface area (Å²) >= 11 is 0. The summed E-state index contributed by atoms with van der Waals surface area (Å²) in [7, 11) is 1.43. The van der Waals surface area contributed by atoms with E-state index < -0.39 is 0 Å². The number of rotatable bonds is 7. The van der Waals surface area contributed by atoms with Crippen LogP contribution in [0.25, 0.3) is 0 Å². The molecule has 1 aromatic rings. The van der Waals surface area contributed by atoms with Gasteiger partial charge in [0.15, 0.2) is 0 Å². The number of carbonyl (C=O) groups excluding carboxylic acids is 9. The van der Waals surface area contributed by atoms with Gasteiger partial charge >= 0.3 is 54.8 Å². The Morgan fingerprint density at radius 1 is 0.338 bits per heavy atom. The van der Waals surface area contributed by atoms with Crippen LogP contribution in [0.15, 0.2) is 30.3 Å². The molecule has 1 aromatic carbocycles. The van der Waals surface area contributed by atoms with Crippen LogP contribution in [0.3, 0.4) is 0 Å². The minimum absolute atomic E-state index is 0.134. The number of hydrogen-bond acceptors (Lipinski definition) is 19. The summed E-state index contributed by atoms with van der Waals surface area (Å²) in [6.45, 7) is 75.6. The molecule has 10 heterocycles. The SMILES string of the molecule is CC(C)COC(=O)N1CCC(C)CC1.CC1CCCN(C(=O)OC(C)(C)C)C1.CC1CCN(C(=O)OC(C)(C)C)CC1.CC1CCN(C(=O)OCc2ccccc2)CC1.CC1CCOCC1.CCCC12CC3CC(CC(C3)C1)C2.CCOC(=O)N1CCC(C)CC1.COC(=O)N1CCC(C)CC1.C[C@@H]1CCCN(C(=O)OC(C)(C)C)C1.C[C@@H]1CCCN1C(=O)OC(C)(C)C.C[C@H]1CCCN1C(=O)OC(C)(C)C. The fraction of sp³-hybridized carbons (Fsp3) is 0.868. The summed E-state index contributed by atoms with van der Waals surface area (Å²) in [6.07, 6.45) is 33.7. The Labute approximate surface area is 862 Å². The normalized spacial score (nSPS) is 24.0. The second-order valence-electron chi connectivity index (χ2n) is 49.1. The molecule has 142 heavy (non-hydrogen) atoms. The van der Waals surface area contributed by atoms with Gasteiger partial charge in [-0.3, -0.25) is 0 Å². The number of carbonyl (C=O) groups is 9. The highest BCUT2D eigenvalue weighted by atomic mass is 16.6. The molecule has 1 unspecified atom stereocenters. The van der Waals surface area contributed by atoms with Gasteiger partial charge in [0.1, 0.15) is 34.6 Å².